The lowest BCUT2D eigenvalue weighted by molar-refractivity contribution is -0.123. The summed E-state index contributed by atoms with van der Waals surface area (Å²) in [6, 6.07) is 15.4. The molecule has 0 radical (unpaired) electrons. The minimum atomic E-state index is -0.130. The molecule has 1 atom stereocenters. The molecule has 4 heteroatoms. The predicted octanol–water partition coefficient (Wildman–Crippen LogP) is 3.65. The number of hydrogen-bond donors (Lipinski definition) is 1. The van der Waals surface area contributed by atoms with Crippen LogP contribution in [0.2, 0.25) is 0 Å². The van der Waals surface area contributed by atoms with Gasteiger partial charge in [0.15, 0.2) is 6.61 Å². The van der Waals surface area contributed by atoms with Gasteiger partial charge in [0.05, 0.1) is 13.2 Å². The Hall–Kier alpha value is -2.49. The van der Waals surface area contributed by atoms with Crippen LogP contribution in [-0.4, -0.2) is 19.6 Å². The molecule has 0 unspecified atom stereocenters. The van der Waals surface area contributed by atoms with Crippen LogP contribution >= 0.6 is 0 Å². The predicted molar refractivity (Wildman–Crippen MR) is 90.8 cm³/mol. The Bertz CT molecular complexity index is 637. The van der Waals surface area contributed by atoms with Gasteiger partial charge in [0.25, 0.3) is 5.91 Å². The van der Waals surface area contributed by atoms with Crippen LogP contribution in [0.4, 0.5) is 0 Å². The van der Waals surface area contributed by atoms with Crippen molar-refractivity contribution in [3.63, 3.8) is 0 Å². The highest BCUT2D eigenvalue weighted by Crippen LogP contribution is 2.20. The van der Waals surface area contributed by atoms with E-state index in [0.29, 0.717) is 5.75 Å². The van der Waals surface area contributed by atoms with Crippen molar-refractivity contribution in [1.29, 1.82) is 0 Å². The second kappa shape index (κ2) is 8.22. The standard InChI is InChI=1S/C19H23NO3/c1-4-18(15-8-10-16(22-3)11-9-15)20-19(21)13-23-17-7-5-6-14(2)12-17/h5-12,18H,4,13H2,1-3H3,(H,20,21)/t18-/m1/s1. The van der Waals surface area contributed by atoms with Gasteiger partial charge in [0, 0.05) is 0 Å². The summed E-state index contributed by atoms with van der Waals surface area (Å²) in [7, 11) is 1.64. The number of methoxy groups -OCH3 is 1. The highest BCUT2D eigenvalue weighted by Gasteiger charge is 2.13. The minimum Gasteiger partial charge on any atom is -0.497 e. The van der Waals surface area contributed by atoms with E-state index in [1.165, 1.54) is 0 Å². The van der Waals surface area contributed by atoms with Crippen LogP contribution in [0, 0.1) is 6.92 Å². The molecule has 0 aliphatic rings. The van der Waals surface area contributed by atoms with Gasteiger partial charge in [0.1, 0.15) is 11.5 Å². The normalized spacial score (nSPS) is 11.6. The van der Waals surface area contributed by atoms with Gasteiger partial charge >= 0.3 is 0 Å². The van der Waals surface area contributed by atoms with Crippen molar-refractivity contribution in [1.82, 2.24) is 5.32 Å². The molecule has 0 saturated carbocycles. The summed E-state index contributed by atoms with van der Waals surface area (Å²) in [4.78, 5) is 12.1. The third-order valence-corrected chi connectivity index (χ3v) is 3.62. The molecule has 0 fully saturated rings. The smallest absolute Gasteiger partial charge is 0.258 e. The molecule has 0 heterocycles. The topological polar surface area (TPSA) is 47.6 Å². The zero-order valence-electron chi connectivity index (χ0n) is 13.8. The van der Waals surface area contributed by atoms with Crippen LogP contribution in [0.5, 0.6) is 11.5 Å². The van der Waals surface area contributed by atoms with Gasteiger partial charge in [-0.25, -0.2) is 0 Å². The Morgan fingerprint density at radius 2 is 1.87 bits per heavy atom. The van der Waals surface area contributed by atoms with E-state index in [4.69, 9.17) is 9.47 Å². The number of hydrogen-bond acceptors (Lipinski definition) is 3. The van der Waals surface area contributed by atoms with Crippen molar-refractivity contribution in [3.8, 4) is 11.5 Å². The number of aryl methyl sites for hydroxylation is 1. The third kappa shape index (κ3) is 5.02. The quantitative estimate of drug-likeness (QED) is 0.849. The average molecular weight is 313 g/mol. The molecule has 2 aromatic carbocycles. The molecule has 2 aromatic rings. The van der Waals surface area contributed by atoms with Crippen molar-refractivity contribution in [2.75, 3.05) is 13.7 Å². The molecule has 23 heavy (non-hydrogen) atoms. The van der Waals surface area contributed by atoms with Crippen LogP contribution in [0.25, 0.3) is 0 Å². The van der Waals surface area contributed by atoms with Crippen molar-refractivity contribution in [2.24, 2.45) is 0 Å². The maximum atomic E-state index is 12.1. The second-order valence-electron chi connectivity index (χ2n) is 5.41. The molecule has 0 aromatic heterocycles. The van der Waals surface area contributed by atoms with E-state index in [9.17, 15) is 4.79 Å². The highest BCUT2D eigenvalue weighted by molar-refractivity contribution is 5.78. The molecule has 122 valence electrons. The molecule has 2 rings (SSSR count). The van der Waals surface area contributed by atoms with Crippen molar-refractivity contribution >= 4 is 5.91 Å². The summed E-state index contributed by atoms with van der Waals surface area (Å²) in [5.41, 5.74) is 2.16. The van der Waals surface area contributed by atoms with E-state index in [1.54, 1.807) is 7.11 Å². The molecule has 0 aliphatic carbocycles. The zero-order valence-corrected chi connectivity index (χ0v) is 13.8. The van der Waals surface area contributed by atoms with Crippen LogP contribution in [0.1, 0.15) is 30.5 Å². The maximum absolute atomic E-state index is 12.1. The Balaban J connectivity index is 1.91. The van der Waals surface area contributed by atoms with Crippen LogP contribution in [-0.2, 0) is 4.79 Å². The van der Waals surface area contributed by atoms with Crippen LogP contribution < -0.4 is 14.8 Å². The summed E-state index contributed by atoms with van der Waals surface area (Å²) in [5, 5.41) is 3.00. The Kier molecular flexibility index (Phi) is 6.03. The molecule has 0 spiro atoms. The number of nitrogens with one attached hydrogen (secondary N) is 1. The van der Waals surface area contributed by atoms with Gasteiger partial charge in [-0.15, -0.1) is 0 Å². The Labute approximate surface area is 137 Å². The maximum Gasteiger partial charge on any atom is 0.258 e. The lowest BCUT2D eigenvalue weighted by atomic mass is 10.0. The summed E-state index contributed by atoms with van der Waals surface area (Å²) in [6.45, 7) is 4.04. The molecule has 0 aliphatic heterocycles. The first-order valence-electron chi connectivity index (χ1n) is 7.75. The second-order valence-corrected chi connectivity index (χ2v) is 5.41. The number of carbonyl (C=O) groups is 1. The third-order valence-electron chi connectivity index (χ3n) is 3.62. The fourth-order valence-electron chi connectivity index (χ4n) is 2.35. The van der Waals surface area contributed by atoms with Crippen molar-refractivity contribution in [3.05, 3.63) is 59.7 Å². The van der Waals surface area contributed by atoms with Crippen LogP contribution in [0.3, 0.4) is 0 Å². The summed E-state index contributed by atoms with van der Waals surface area (Å²) in [5.74, 6) is 1.38. The van der Waals surface area contributed by atoms with Gasteiger partial charge in [-0.1, -0.05) is 31.2 Å². The minimum absolute atomic E-state index is 0.0100. The number of benzene rings is 2. The van der Waals surface area contributed by atoms with Gasteiger partial charge in [0.2, 0.25) is 0 Å². The molecule has 1 N–H and O–H groups in total. The zero-order chi connectivity index (χ0) is 16.7. The van der Waals surface area contributed by atoms with Crippen molar-refractivity contribution < 1.29 is 14.3 Å². The summed E-state index contributed by atoms with van der Waals surface area (Å²) in [6.07, 6.45) is 0.808. The molecule has 0 bridgehead atoms. The first-order chi connectivity index (χ1) is 11.1. The molecule has 4 nitrogen and oxygen atoms in total. The van der Waals surface area contributed by atoms with E-state index < -0.39 is 0 Å². The number of rotatable bonds is 7. The fraction of sp³-hybridized carbons (Fsp3) is 0.316. The SMILES string of the molecule is CC[C@@H](NC(=O)COc1cccc(C)c1)c1ccc(OC)cc1. The lowest BCUT2D eigenvalue weighted by Crippen LogP contribution is -2.32. The van der Waals surface area contributed by atoms with E-state index in [0.717, 1.165) is 23.3 Å². The van der Waals surface area contributed by atoms with E-state index >= 15 is 0 Å². The summed E-state index contributed by atoms with van der Waals surface area (Å²) >= 11 is 0. The summed E-state index contributed by atoms with van der Waals surface area (Å²) < 4.78 is 10.7. The highest BCUT2D eigenvalue weighted by atomic mass is 16.5. The van der Waals surface area contributed by atoms with Crippen LogP contribution in [0.15, 0.2) is 48.5 Å². The lowest BCUT2D eigenvalue weighted by Gasteiger charge is -2.18. The molecule has 1 amide bonds. The number of ether oxygens (including phenoxy) is 2. The average Bonchev–Trinajstić information content (AvgIpc) is 2.58. The fourth-order valence-corrected chi connectivity index (χ4v) is 2.35. The van der Waals surface area contributed by atoms with Crippen molar-refractivity contribution in [2.45, 2.75) is 26.3 Å². The monoisotopic (exact) mass is 313 g/mol. The Morgan fingerprint density at radius 1 is 1.13 bits per heavy atom. The first kappa shape index (κ1) is 16.9. The van der Waals surface area contributed by atoms with Gasteiger partial charge in [-0.05, 0) is 48.7 Å². The van der Waals surface area contributed by atoms with Gasteiger partial charge in [-0.3, -0.25) is 4.79 Å². The van der Waals surface area contributed by atoms with E-state index in [-0.39, 0.29) is 18.6 Å². The van der Waals surface area contributed by atoms with Gasteiger partial charge < -0.3 is 14.8 Å². The molecular weight excluding hydrogens is 290 g/mol. The van der Waals surface area contributed by atoms with E-state index in [2.05, 4.69) is 5.32 Å². The Morgan fingerprint density at radius 3 is 2.48 bits per heavy atom. The largest absolute Gasteiger partial charge is 0.497 e. The number of carbonyl (C=O) groups excluding carboxylic acids is 1. The van der Waals surface area contributed by atoms with E-state index in [1.807, 2.05) is 62.4 Å². The first-order valence-corrected chi connectivity index (χ1v) is 7.75. The molecule has 0 saturated heterocycles. The number of amides is 1. The molecular formula is C19H23NO3. The van der Waals surface area contributed by atoms with Gasteiger partial charge in [-0.2, -0.15) is 0 Å².